The van der Waals surface area contributed by atoms with E-state index >= 15 is 0 Å². The van der Waals surface area contributed by atoms with E-state index in [1.54, 1.807) is 6.26 Å². The third kappa shape index (κ3) is 4.20. The number of furan rings is 1. The molecule has 1 aromatic heterocycles. The van der Waals surface area contributed by atoms with Crippen LogP contribution in [-0.4, -0.2) is 17.8 Å². The first-order chi connectivity index (χ1) is 13.7. The zero-order valence-corrected chi connectivity index (χ0v) is 18.6. The van der Waals surface area contributed by atoms with Gasteiger partial charge in [0.1, 0.15) is 17.9 Å². The van der Waals surface area contributed by atoms with Crippen LogP contribution in [0.2, 0.25) is 0 Å². The zero-order chi connectivity index (χ0) is 21.2. The number of aliphatic hydroxyl groups excluding tert-OH is 1. The lowest BCUT2D eigenvalue weighted by molar-refractivity contribution is 0.0216. The van der Waals surface area contributed by atoms with Crippen LogP contribution in [0.3, 0.4) is 0 Å². The summed E-state index contributed by atoms with van der Waals surface area (Å²) in [7, 11) is 0. The Morgan fingerprint density at radius 2 is 1.62 bits per heavy atom. The standard InChI is InChI=1S/C26H34O3/c1-7-26(8-2,21-10-12-23-19(16-21)13-14-28-23)20-9-11-22(18(3)15-20)29-17-24(27)25(4,5)6/h9-16,24,27H,7-8,17H2,1-6H3. The summed E-state index contributed by atoms with van der Waals surface area (Å²) in [6.45, 7) is 12.9. The molecule has 0 aliphatic heterocycles. The van der Waals surface area contributed by atoms with E-state index < -0.39 is 6.10 Å². The van der Waals surface area contributed by atoms with Gasteiger partial charge in [0, 0.05) is 10.8 Å². The van der Waals surface area contributed by atoms with E-state index in [0.29, 0.717) is 6.61 Å². The molecule has 1 atom stereocenters. The summed E-state index contributed by atoms with van der Waals surface area (Å²) in [5.41, 5.74) is 4.38. The molecule has 0 amide bonds. The van der Waals surface area contributed by atoms with Crippen LogP contribution in [0.5, 0.6) is 5.75 Å². The molecule has 0 saturated carbocycles. The van der Waals surface area contributed by atoms with Gasteiger partial charge in [-0.25, -0.2) is 0 Å². The maximum Gasteiger partial charge on any atom is 0.133 e. The van der Waals surface area contributed by atoms with Gasteiger partial charge in [-0.3, -0.25) is 0 Å². The van der Waals surface area contributed by atoms with Crippen LogP contribution in [-0.2, 0) is 5.41 Å². The average Bonchev–Trinajstić information content (AvgIpc) is 3.16. The molecule has 1 heterocycles. The fourth-order valence-corrected chi connectivity index (χ4v) is 4.03. The van der Waals surface area contributed by atoms with Gasteiger partial charge in [-0.2, -0.15) is 0 Å². The van der Waals surface area contributed by atoms with E-state index in [2.05, 4.69) is 57.2 Å². The Hall–Kier alpha value is -2.26. The fourth-order valence-electron chi connectivity index (χ4n) is 4.03. The Labute approximate surface area is 174 Å². The van der Waals surface area contributed by atoms with E-state index in [4.69, 9.17) is 9.15 Å². The Balaban J connectivity index is 1.92. The highest BCUT2D eigenvalue weighted by Crippen LogP contribution is 2.41. The topological polar surface area (TPSA) is 42.6 Å². The number of ether oxygens (including phenoxy) is 1. The Morgan fingerprint density at radius 1 is 0.966 bits per heavy atom. The molecule has 0 bridgehead atoms. The molecule has 156 valence electrons. The first-order valence-corrected chi connectivity index (χ1v) is 10.6. The molecule has 3 heteroatoms. The molecule has 0 radical (unpaired) electrons. The molecule has 3 nitrogen and oxygen atoms in total. The minimum Gasteiger partial charge on any atom is -0.491 e. The Bertz CT molecular complexity index is 957. The quantitative estimate of drug-likeness (QED) is 0.489. The molecule has 1 unspecified atom stereocenters. The smallest absolute Gasteiger partial charge is 0.133 e. The van der Waals surface area contributed by atoms with Crippen molar-refractivity contribution in [2.24, 2.45) is 5.41 Å². The molecule has 0 aliphatic carbocycles. The number of hydrogen-bond donors (Lipinski definition) is 1. The van der Waals surface area contributed by atoms with Crippen molar-refractivity contribution >= 4 is 11.0 Å². The highest BCUT2D eigenvalue weighted by Gasteiger charge is 2.31. The second kappa shape index (κ2) is 8.23. The SMILES string of the molecule is CCC(CC)(c1ccc(OCC(O)C(C)(C)C)c(C)c1)c1ccc2occc2c1. The Kier molecular flexibility index (Phi) is 6.09. The van der Waals surface area contributed by atoms with Gasteiger partial charge >= 0.3 is 0 Å². The van der Waals surface area contributed by atoms with Gasteiger partial charge in [0.2, 0.25) is 0 Å². The van der Waals surface area contributed by atoms with Gasteiger partial charge in [0.25, 0.3) is 0 Å². The maximum atomic E-state index is 10.3. The largest absolute Gasteiger partial charge is 0.491 e. The van der Waals surface area contributed by atoms with Crippen molar-refractivity contribution in [1.82, 2.24) is 0 Å². The van der Waals surface area contributed by atoms with Crippen LogP contribution in [0, 0.1) is 12.3 Å². The predicted octanol–water partition coefficient (Wildman–Crippen LogP) is 6.63. The summed E-state index contributed by atoms with van der Waals surface area (Å²) in [4.78, 5) is 0. The minimum atomic E-state index is -0.506. The van der Waals surface area contributed by atoms with Crippen molar-refractivity contribution < 1.29 is 14.3 Å². The monoisotopic (exact) mass is 394 g/mol. The molecular weight excluding hydrogens is 360 g/mol. The van der Waals surface area contributed by atoms with Crippen molar-refractivity contribution in [1.29, 1.82) is 0 Å². The van der Waals surface area contributed by atoms with Crippen LogP contribution < -0.4 is 4.74 Å². The lowest BCUT2D eigenvalue weighted by atomic mass is 9.70. The van der Waals surface area contributed by atoms with Crippen molar-refractivity contribution in [3.05, 3.63) is 65.4 Å². The summed E-state index contributed by atoms with van der Waals surface area (Å²) >= 11 is 0. The van der Waals surface area contributed by atoms with Gasteiger partial charge in [-0.15, -0.1) is 0 Å². The highest BCUT2D eigenvalue weighted by atomic mass is 16.5. The molecule has 29 heavy (non-hydrogen) atoms. The van der Waals surface area contributed by atoms with Crippen LogP contribution in [0.15, 0.2) is 53.1 Å². The van der Waals surface area contributed by atoms with E-state index in [-0.39, 0.29) is 10.8 Å². The van der Waals surface area contributed by atoms with Gasteiger partial charge in [0.15, 0.2) is 0 Å². The summed E-state index contributed by atoms with van der Waals surface area (Å²) in [5, 5.41) is 11.4. The first-order valence-electron chi connectivity index (χ1n) is 10.6. The molecule has 0 fully saturated rings. The fraction of sp³-hybridized carbons (Fsp3) is 0.462. The van der Waals surface area contributed by atoms with Crippen molar-refractivity contribution in [2.75, 3.05) is 6.61 Å². The molecule has 3 aromatic rings. The maximum absolute atomic E-state index is 10.3. The molecule has 0 aliphatic rings. The summed E-state index contributed by atoms with van der Waals surface area (Å²) in [6.07, 6.45) is 3.26. The van der Waals surface area contributed by atoms with Gasteiger partial charge in [0.05, 0.1) is 12.4 Å². The molecule has 1 N–H and O–H groups in total. The molecule has 0 saturated heterocycles. The average molecular weight is 395 g/mol. The van der Waals surface area contributed by atoms with Crippen LogP contribution in [0.4, 0.5) is 0 Å². The number of aliphatic hydroxyl groups is 1. The van der Waals surface area contributed by atoms with E-state index in [1.165, 1.54) is 11.1 Å². The van der Waals surface area contributed by atoms with Crippen molar-refractivity contribution in [2.45, 2.75) is 65.9 Å². The lowest BCUT2D eigenvalue weighted by Crippen LogP contribution is -2.32. The number of hydrogen-bond acceptors (Lipinski definition) is 3. The summed E-state index contributed by atoms with van der Waals surface area (Å²) in [5.74, 6) is 0.837. The van der Waals surface area contributed by atoms with E-state index in [9.17, 15) is 5.11 Å². The third-order valence-corrected chi connectivity index (χ3v) is 6.34. The van der Waals surface area contributed by atoms with Gasteiger partial charge in [-0.1, -0.05) is 52.8 Å². The first kappa shape index (κ1) is 21.4. The van der Waals surface area contributed by atoms with Crippen LogP contribution in [0.25, 0.3) is 11.0 Å². The predicted molar refractivity (Wildman–Crippen MR) is 120 cm³/mol. The van der Waals surface area contributed by atoms with Gasteiger partial charge < -0.3 is 14.3 Å². The normalized spacial score (nSPS) is 13.6. The second-order valence-electron chi connectivity index (χ2n) is 9.14. The number of aryl methyl sites for hydroxylation is 1. The Morgan fingerprint density at radius 3 is 2.24 bits per heavy atom. The number of rotatable bonds is 7. The van der Waals surface area contributed by atoms with Gasteiger partial charge in [-0.05, 0) is 66.1 Å². The summed E-state index contributed by atoms with van der Waals surface area (Å²) in [6, 6.07) is 15.0. The molecule has 3 rings (SSSR count). The zero-order valence-electron chi connectivity index (χ0n) is 18.6. The molecular formula is C26H34O3. The highest BCUT2D eigenvalue weighted by molar-refractivity contribution is 5.78. The van der Waals surface area contributed by atoms with Crippen molar-refractivity contribution in [3.63, 3.8) is 0 Å². The number of benzene rings is 2. The molecule has 0 spiro atoms. The van der Waals surface area contributed by atoms with Crippen LogP contribution >= 0.6 is 0 Å². The van der Waals surface area contributed by atoms with E-state index in [1.807, 2.05) is 26.8 Å². The van der Waals surface area contributed by atoms with E-state index in [0.717, 1.165) is 35.1 Å². The summed E-state index contributed by atoms with van der Waals surface area (Å²) < 4.78 is 11.5. The second-order valence-corrected chi connectivity index (χ2v) is 9.14. The third-order valence-electron chi connectivity index (χ3n) is 6.34. The lowest BCUT2D eigenvalue weighted by Gasteiger charge is -2.34. The minimum absolute atomic E-state index is 0.0559. The van der Waals surface area contributed by atoms with Crippen molar-refractivity contribution in [3.8, 4) is 5.75 Å². The molecule has 2 aromatic carbocycles. The van der Waals surface area contributed by atoms with Crippen LogP contribution in [0.1, 0.15) is 64.2 Å². The number of fused-ring (bicyclic) bond motifs is 1.